The number of carboxylic acid groups (broad SMARTS) is 1. The van der Waals surface area contributed by atoms with E-state index in [4.69, 9.17) is 14.7 Å². The lowest BCUT2D eigenvalue weighted by molar-refractivity contribution is -0.193. The first-order valence-corrected chi connectivity index (χ1v) is 41.9. The molecule has 8 aliphatic rings. The number of fused-ring (bicyclic) bond motifs is 10. The van der Waals surface area contributed by atoms with E-state index in [1.807, 2.05) is 11.3 Å². The summed E-state index contributed by atoms with van der Waals surface area (Å²) in [5, 5.41) is 20.9. The SMILES string of the molecule is C.CC(C)(C)C(=O)NN.CC[C@H]1[C@@H](O[Si](C)(C)C)[C@@H]2[C@H](CC[C@]3(C)[C@@H]([C@H](C)CCC(=O)O)CC[C@@H]23)[C@@]2(C)CC[C@@H](C)C[C@@H]12.CC[C@H]1[C@@H](O[Si](C)(C)C)[C@@H]2[C@H](CC[C@]3(C)[C@@H]([C@H](C)CCc4nnc(C(C)(C)C)s4)CC[C@@H]23)[C@@]2(C)CC[C@@H](C)C[C@@H]12. The van der Waals surface area contributed by atoms with Crippen molar-refractivity contribution in [3.8, 4) is 0 Å². The molecule has 1 aromatic rings. The van der Waals surface area contributed by atoms with E-state index < -0.39 is 22.6 Å². The van der Waals surface area contributed by atoms with Crippen molar-refractivity contribution in [2.24, 2.45) is 128 Å². The Kier molecular flexibility index (Phi) is 22.8. The van der Waals surface area contributed by atoms with E-state index in [-0.39, 0.29) is 24.2 Å². The van der Waals surface area contributed by atoms with Gasteiger partial charge in [-0.2, -0.15) is 0 Å². The molecule has 1 heterocycles. The fourth-order valence-electron chi connectivity index (χ4n) is 21.4. The molecule has 8 aliphatic carbocycles. The van der Waals surface area contributed by atoms with Crippen molar-refractivity contribution >= 4 is 39.8 Å². The lowest BCUT2D eigenvalue weighted by Gasteiger charge is -2.66. The highest BCUT2D eigenvalue weighted by Crippen LogP contribution is 2.72. The van der Waals surface area contributed by atoms with E-state index in [9.17, 15) is 14.7 Å². The van der Waals surface area contributed by atoms with Gasteiger partial charge >= 0.3 is 5.97 Å². The Morgan fingerprint density at radius 2 is 1.04 bits per heavy atom. The number of nitrogens with one attached hydrogen (secondary N) is 1. The van der Waals surface area contributed by atoms with Crippen molar-refractivity contribution in [2.75, 3.05) is 0 Å². The molecular weight excluding hydrogens is 1080 g/mol. The maximum atomic E-state index is 11.3. The second kappa shape index (κ2) is 26.7. The number of aliphatic carboxylic acids is 1. The number of amides is 1. The number of carbonyl (C=O) groups is 2. The number of rotatable bonds is 14. The summed E-state index contributed by atoms with van der Waals surface area (Å²) < 4.78 is 14.7. The maximum Gasteiger partial charge on any atom is 0.303 e. The summed E-state index contributed by atoms with van der Waals surface area (Å²) in [5.41, 5.74) is 3.61. The van der Waals surface area contributed by atoms with Gasteiger partial charge in [-0.25, -0.2) is 5.84 Å². The average Bonchev–Trinajstić information content (AvgIpc) is 1.88. The maximum absolute atomic E-state index is 11.3. The van der Waals surface area contributed by atoms with Crippen molar-refractivity contribution in [1.82, 2.24) is 15.6 Å². The average molecular weight is 1210 g/mol. The summed E-state index contributed by atoms with van der Waals surface area (Å²) in [6.45, 7) is 52.4. The van der Waals surface area contributed by atoms with Crippen molar-refractivity contribution in [1.29, 1.82) is 0 Å². The highest BCUT2D eigenvalue weighted by Gasteiger charge is 2.67. The molecule has 8 fully saturated rings. The van der Waals surface area contributed by atoms with Crippen LogP contribution in [0.4, 0.5) is 0 Å². The fourth-order valence-corrected chi connectivity index (χ4v) is 24.6. The van der Waals surface area contributed by atoms with Crippen LogP contribution in [0.1, 0.15) is 250 Å². The molecule has 12 heteroatoms. The van der Waals surface area contributed by atoms with Crippen LogP contribution in [0.3, 0.4) is 0 Å². The molecule has 0 saturated heterocycles. The van der Waals surface area contributed by atoms with Gasteiger partial charge in [-0.3, -0.25) is 15.0 Å². The fraction of sp³-hybridized carbons (Fsp3) is 0.944. The highest BCUT2D eigenvalue weighted by molar-refractivity contribution is 7.11. The minimum Gasteiger partial charge on any atom is -0.481 e. The van der Waals surface area contributed by atoms with E-state index in [1.54, 1.807) is 20.8 Å². The third kappa shape index (κ3) is 14.9. The number of nitrogens with two attached hydrogens (primary N) is 1. The van der Waals surface area contributed by atoms with Crippen LogP contribution < -0.4 is 11.3 Å². The topological polar surface area (TPSA) is 137 Å². The second-order valence-corrected chi connectivity index (χ2v) is 44.9. The third-order valence-corrected chi connectivity index (χ3v) is 28.7. The lowest BCUT2D eigenvalue weighted by atomic mass is 9.41. The first kappa shape index (κ1) is 70.9. The third-order valence-electron chi connectivity index (χ3n) is 25.3. The van der Waals surface area contributed by atoms with Crippen LogP contribution in [0.5, 0.6) is 0 Å². The molecular formula is C71H132N4O5SSi2. The molecule has 480 valence electrons. The van der Waals surface area contributed by atoms with Gasteiger partial charge in [-0.1, -0.05) is 144 Å². The van der Waals surface area contributed by atoms with Crippen LogP contribution >= 0.6 is 11.3 Å². The zero-order chi connectivity index (χ0) is 61.1. The Labute approximate surface area is 517 Å². The number of hydrazine groups is 1. The summed E-state index contributed by atoms with van der Waals surface area (Å²) in [4.78, 5) is 21.9. The molecule has 9 rings (SSSR count). The van der Waals surface area contributed by atoms with Crippen molar-refractivity contribution < 1.29 is 23.5 Å². The summed E-state index contributed by atoms with van der Waals surface area (Å²) >= 11 is 1.84. The Balaban J connectivity index is 0.000000235. The van der Waals surface area contributed by atoms with E-state index in [0.29, 0.717) is 64.0 Å². The van der Waals surface area contributed by atoms with E-state index in [1.165, 1.54) is 119 Å². The van der Waals surface area contributed by atoms with Gasteiger partial charge in [0.25, 0.3) is 0 Å². The van der Waals surface area contributed by atoms with Gasteiger partial charge in [0.05, 0.1) is 12.2 Å². The number of carboxylic acids is 1. The Hall–Kier alpha value is -1.19. The molecule has 0 bridgehead atoms. The van der Waals surface area contributed by atoms with Gasteiger partial charge in [-0.05, 0) is 246 Å². The minimum atomic E-state index is -1.67. The predicted octanol–water partition coefficient (Wildman–Crippen LogP) is 19.1. The Morgan fingerprint density at radius 3 is 1.37 bits per heavy atom. The summed E-state index contributed by atoms with van der Waals surface area (Å²) in [7, 11) is -3.33. The Bertz CT molecular complexity index is 2290. The second-order valence-electron chi connectivity index (χ2n) is 35.0. The summed E-state index contributed by atoms with van der Waals surface area (Å²) in [5.74, 6) is 16.4. The zero-order valence-corrected chi connectivity index (χ0v) is 59.8. The van der Waals surface area contributed by atoms with Crippen LogP contribution in [0.25, 0.3) is 0 Å². The van der Waals surface area contributed by atoms with Gasteiger partial charge in [-0.15, -0.1) is 21.5 Å². The first-order chi connectivity index (χ1) is 37.9. The Morgan fingerprint density at radius 1 is 0.639 bits per heavy atom. The van der Waals surface area contributed by atoms with Crippen LogP contribution in [-0.4, -0.2) is 56.0 Å². The monoisotopic (exact) mass is 1210 g/mol. The van der Waals surface area contributed by atoms with Crippen LogP contribution in [-0.2, 0) is 30.3 Å². The molecule has 83 heavy (non-hydrogen) atoms. The normalized spacial score (nSPS) is 41.0. The van der Waals surface area contributed by atoms with Gasteiger partial charge in [0.1, 0.15) is 10.0 Å². The van der Waals surface area contributed by atoms with Gasteiger partial charge in [0.2, 0.25) is 5.91 Å². The number of nitrogens with zero attached hydrogens (tertiary/aromatic N) is 2. The molecule has 0 radical (unpaired) electrons. The molecule has 4 N–H and O–H groups in total. The van der Waals surface area contributed by atoms with E-state index >= 15 is 0 Å². The van der Waals surface area contributed by atoms with Gasteiger partial charge in [0.15, 0.2) is 16.6 Å². The molecule has 9 nitrogen and oxygen atoms in total. The number of hydrogen-bond acceptors (Lipinski definition) is 8. The summed E-state index contributed by atoms with van der Waals surface area (Å²) in [6.07, 6.45) is 26.6. The van der Waals surface area contributed by atoms with Crippen molar-refractivity contribution in [3.63, 3.8) is 0 Å². The first-order valence-electron chi connectivity index (χ1n) is 34.3. The molecule has 0 spiro atoms. The molecule has 8 saturated carbocycles. The van der Waals surface area contributed by atoms with Crippen molar-refractivity contribution in [3.05, 3.63) is 10.0 Å². The van der Waals surface area contributed by atoms with Gasteiger partial charge in [0, 0.05) is 23.7 Å². The zero-order valence-electron chi connectivity index (χ0n) is 57.0. The lowest BCUT2D eigenvalue weighted by Crippen LogP contribution is -2.63. The summed E-state index contributed by atoms with van der Waals surface area (Å²) in [6, 6.07) is 0. The number of carbonyl (C=O) groups excluding carboxylic acids is 1. The van der Waals surface area contributed by atoms with E-state index in [0.717, 1.165) is 83.9 Å². The molecule has 0 aromatic carbocycles. The van der Waals surface area contributed by atoms with Gasteiger partial charge < -0.3 is 14.0 Å². The number of aryl methyl sites for hydroxylation is 1. The molecule has 1 amide bonds. The van der Waals surface area contributed by atoms with Crippen LogP contribution in [0.15, 0.2) is 0 Å². The van der Waals surface area contributed by atoms with Crippen LogP contribution in [0.2, 0.25) is 39.3 Å². The van der Waals surface area contributed by atoms with E-state index in [2.05, 4.69) is 145 Å². The number of hydrogen-bond donors (Lipinski definition) is 3. The largest absolute Gasteiger partial charge is 0.481 e. The molecule has 0 unspecified atom stereocenters. The predicted molar refractivity (Wildman–Crippen MR) is 355 cm³/mol. The molecule has 22 atom stereocenters. The number of aromatic nitrogens is 2. The smallest absolute Gasteiger partial charge is 0.303 e. The quantitative estimate of drug-likeness (QED) is 0.0725. The van der Waals surface area contributed by atoms with Crippen LogP contribution in [0, 0.1) is 122 Å². The standard InChI is InChI=1S/C35H62N2OSSi.C30H54O3Si.C5H12N2O.CH4/c1-12-24-28-21-22(2)17-19-35(28,8)27-18-20-34(7)25(14-15-26(34)30(27)31(24)38-40(9,10)11)23(3)13-16-29-36-37-32(39-29)33(4,5)6;1-9-21-25-18-19(2)14-16-30(25,5)24-15-17-29(4)22(20(3)10-13-26(31)32)11-12-23(29)27(24)28(21)33-34(6,7)8;1-5(2,3)4(8)7-6;/h22-28,30-31H,12-21H2,1-11H3;19-25,27-28H,9-18H2,1-8H3,(H,31,32);6H2,1-3H3,(H,7,8);1H4/t22-,23-,24-,25-,26+,27+,28+,30+,31-,34-,35-;19-,20-,21-,22-,23+,24+,25+,27+,28-,29-,30-;;/m11../s1. The molecule has 0 aliphatic heterocycles. The highest BCUT2D eigenvalue weighted by atomic mass is 32.1. The van der Waals surface area contributed by atoms with Crippen molar-refractivity contribution in [2.45, 2.75) is 304 Å². The minimum absolute atomic E-state index is 0. The molecule has 1 aromatic heterocycles.